The molecule has 7 nitrogen and oxygen atoms in total. The molecule has 0 aliphatic carbocycles. The molecule has 1 unspecified atom stereocenters. The Morgan fingerprint density at radius 1 is 1.23 bits per heavy atom. The van der Waals surface area contributed by atoms with E-state index < -0.39 is 23.9 Å². The molecule has 2 heterocycles. The maximum absolute atomic E-state index is 12.5. The Morgan fingerprint density at radius 2 is 1.96 bits per heavy atom. The summed E-state index contributed by atoms with van der Waals surface area (Å²) in [7, 11) is 0. The van der Waals surface area contributed by atoms with Crippen LogP contribution in [0.2, 0.25) is 0 Å². The Balaban J connectivity index is 1.74. The standard InChI is InChI=1S/C18H17N3O4S/c1-9-14(11-5-3-4-6-13(11)20-9)18(24)25-10(2)16(23)21-17-12(15(19)22)7-8-26-17/h3-8,10,20H,1-2H3,(H2,19,22)(H,21,23). The molecule has 3 aromatic rings. The van der Waals surface area contributed by atoms with Crippen molar-refractivity contribution >= 4 is 45.0 Å². The van der Waals surface area contributed by atoms with Crippen LogP contribution in [-0.4, -0.2) is 28.9 Å². The van der Waals surface area contributed by atoms with Crippen molar-refractivity contribution in [2.75, 3.05) is 5.32 Å². The summed E-state index contributed by atoms with van der Waals surface area (Å²) in [6.45, 7) is 3.24. The Labute approximate surface area is 153 Å². The fourth-order valence-electron chi connectivity index (χ4n) is 2.63. The summed E-state index contributed by atoms with van der Waals surface area (Å²) in [6, 6.07) is 8.88. The number of aromatic amines is 1. The van der Waals surface area contributed by atoms with Gasteiger partial charge in [-0.3, -0.25) is 9.59 Å². The van der Waals surface area contributed by atoms with Crippen LogP contribution in [0.1, 0.15) is 33.3 Å². The minimum atomic E-state index is -1.04. The summed E-state index contributed by atoms with van der Waals surface area (Å²) in [5.41, 5.74) is 7.35. The van der Waals surface area contributed by atoms with Crippen molar-refractivity contribution in [2.24, 2.45) is 5.73 Å². The quantitative estimate of drug-likeness (QED) is 0.598. The van der Waals surface area contributed by atoms with E-state index in [4.69, 9.17) is 10.5 Å². The van der Waals surface area contributed by atoms with Gasteiger partial charge in [0.05, 0.1) is 11.1 Å². The number of hydrogen-bond acceptors (Lipinski definition) is 5. The van der Waals surface area contributed by atoms with E-state index in [1.807, 2.05) is 24.3 Å². The van der Waals surface area contributed by atoms with Crippen molar-refractivity contribution in [1.29, 1.82) is 0 Å². The number of thiophene rings is 1. The number of fused-ring (bicyclic) bond motifs is 1. The Bertz CT molecular complexity index is 1000. The molecule has 0 saturated heterocycles. The van der Waals surface area contributed by atoms with Gasteiger partial charge in [-0.2, -0.15) is 0 Å². The summed E-state index contributed by atoms with van der Waals surface area (Å²) in [4.78, 5) is 39.3. The smallest absolute Gasteiger partial charge is 0.341 e. The summed E-state index contributed by atoms with van der Waals surface area (Å²) >= 11 is 1.17. The summed E-state index contributed by atoms with van der Waals surface area (Å²) in [6.07, 6.45) is -1.04. The van der Waals surface area contributed by atoms with Crippen LogP contribution in [0.4, 0.5) is 5.00 Å². The molecular weight excluding hydrogens is 354 g/mol. The van der Waals surface area contributed by atoms with Crippen molar-refractivity contribution in [2.45, 2.75) is 20.0 Å². The Morgan fingerprint density at radius 3 is 2.69 bits per heavy atom. The van der Waals surface area contributed by atoms with Gasteiger partial charge in [-0.15, -0.1) is 11.3 Å². The predicted octanol–water partition coefficient (Wildman–Crippen LogP) is 2.82. The monoisotopic (exact) mass is 371 g/mol. The number of hydrogen-bond donors (Lipinski definition) is 3. The van der Waals surface area contributed by atoms with Crippen LogP contribution in [0.15, 0.2) is 35.7 Å². The summed E-state index contributed by atoms with van der Waals surface area (Å²) < 4.78 is 5.31. The number of carbonyl (C=O) groups is 3. The first-order valence-corrected chi connectivity index (χ1v) is 8.73. The molecule has 1 atom stereocenters. The summed E-state index contributed by atoms with van der Waals surface area (Å²) in [5.74, 6) is -1.77. The van der Waals surface area contributed by atoms with Crippen LogP contribution in [0.3, 0.4) is 0 Å². The highest BCUT2D eigenvalue weighted by molar-refractivity contribution is 7.14. The molecular formula is C18H17N3O4S. The van der Waals surface area contributed by atoms with Crippen LogP contribution >= 0.6 is 11.3 Å². The van der Waals surface area contributed by atoms with Gasteiger partial charge >= 0.3 is 5.97 Å². The number of esters is 1. The SMILES string of the molecule is Cc1[nH]c2ccccc2c1C(=O)OC(C)C(=O)Nc1sccc1C(N)=O. The Kier molecular flexibility index (Phi) is 4.77. The molecule has 0 aliphatic rings. The van der Waals surface area contributed by atoms with E-state index >= 15 is 0 Å². The van der Waals surface area contributed by atoms with Gasteiger partial charge in [0, 0.05) is 16.6 Å². The number of aromatic nitrogens is 1. The van der Waals surface area contributed by atoms with Gasteiger partial charge in [-0.05, 0) is 31.4 Å². The number of nitrogens with two attached hydrogens (primary N) is 1. The number of benzene rings is 1. The highest BCUT2D eigenvalue weighted by Crippen LogP contribution is 2.25. The molecule has 2 aromatic heterocycles. The number of nitrogens with one attached hydrogen (secondary N) is 2. The molecule has 2 amide bonds. The second kappa shape index (κ2) is 7.01. The van der Waals surface area contributed by atoms with E-state index in [2.05, 4.69) is 10.3 Å². The lowest BCUT2D eigenvalue weighted by molar-refractivity contribution is -0.123. The van der Waals surface area contributed by atoms with Crippen LogP contribution in [-0.2, 0) is 9.53 Å². The highest BCUT2D eigenvalue weighted by atomic mass is 32.1. The van der Waals surface area contributed by atoms with E-state index in [1.165, 1.54) is 24.3 Å². The maximum atomic E-state index is 12.5. The van der Waals surface area contributed by atoms with E-state index in [9.17, 15) is 14.4 Å². The first-order valence-electron chi connectivity index (χ1n) is 7.85. The number of ether oxygens (including phenoxy) is 1. The second-order valence-corrected chi connectivity index (χ2v) is 6.65. The van der Waals surface area contributed by atoms with Crippen molar-refractivity contribution in [1.82, 2.24) is 4.98 Å². The van der Waals surface area contributed by atoms with Crippen LogP contribution in [0.5, 0.6) is 0 Å². The molecule has 0 bridgehead atoms. The normalized spacial score (nSPS) is 11.9. The molecule has 0 aliphatic heterocycles. The number of H-pyrrole nitrogens is 1. The van der Waals surface area contributed by atoms with Gasteiger partial charge in [0.25, 0.3) is 11.8 Å². The van der Waals surface area contributed by atoms with Gasteiger partial charge in [-0.1, -0.05) is 18.2 Å². The molecule has 0 radical (unpaired) electrons. The average molecular weight is 371 g/mol. The number of para-hydroxylation sites is 1. The number of aryl methyl sites for hydroxylation is 1. The molecule has 4 N–H and O–H groups in total. The number of rotatable bonds is 5. The zero-order valence-corrected chi connectivity index (χ0v) is 15.0. The molecule has 0 saturated carbocycles. The third kappa shape index (κ3) is 3.31. The maximum Gasteiger partial charge on any atom is 0.341 e. The van der Waals surface area contributed by atoms with Gasteiger partial charge in [0.1, 0.15) is 5.00 Å². The van der Waals surface area contributed by atoms with E-state index in [1.54, 1.807) is 12.3 Å². The third-order valence-corrected chi connectivity index (χ3v) is 4.75. The number of carbonyl (C=O) groups excluding carboxylic acids is 3. The molecule has 8 heteroatoms. The lowest BCUT2D eigenvalue weighted by Crippen LogP contribution is -2.30. The number of primary amides is 1. The number of amides is 2. The lowest BCUT2D eigenvalue weighted by atomic mass is 10.1. The first kappa shape index (κ1) is 17.7. The molecule has 1 aromatic carbocycles. The average Bonchev–Trinajstić information content (AvgIpc) is 3.17. The molecule has 3 rings (SSSR count). The van der Waals surface area contributed by atoms with Crippen LogP contribution in [0.25, 0.3) is 10.9 Å². The minimum Gasteiger partial charge on any atom is -0.449 e. The van der Waals surface area contributed by atoms with Crippen molar-refractivity contribution in [3.05, 3.63) is 52.5 Å². The largest absolute Gasteiger partial charge is 0.449 e. The van der Waals surface area contributed by atoms with Crippen LogP contribution < -0.4 is 11.1 Å². The second-order valence-electron chi connectivity index (χ2n) is 5.74. The third-order valence-electron chi connectivity index (χ3n) is 3.92. The fraction of sp³-hybridized carbons (Fsp3) is 0.167. The van der Waals surface area contributed by atoms with Gasteiger partial charge < -0.3 is 20.8 Å². The fourth-order valence-corrected chi connectivity index (χ4v) is 3.42. The minimum absolute atomic E-state index is 0.217. The zero-order valence-electron chi connectivity index (χ0n) is 14.2. The van der Waals surface area contributed by atoms with Crippen LogP contribution in [0, 0.1) is 6.92 Å². The van der Waals surface area contributed by atoms with Gasteiger partial charge in [-0.25, -0.2) is 4.79 Å². The molecule has 0 spiro atoms. The summed E-state index contributed by atoms with van der Waals surface area (Å²) in [5, 5.41) is 5.27. The first-order chi connectivity index (χ1) is 12.4. The highest BCUT2D eigenvalue weighted by Gasteiger charge is 2.24. The molecule has 0 fully saturated rings. The predicted molar refractivity (Wildman–Crippen MR) is 99.4 cm³/mol. The van der Waals surface area contributed by atoms with Crippen molar-refractivity contribution in [3.8, 4) is 0 Å². The van der Waals surface area contributed by atoms with Crippen molar-refractivity contribution < 1.29 is 19.1 Å². The van der Waals surface area contributed by atoms with Gasteiger partial charge in [0.2, 0.25) is 0 Å². The van der Waals surface area contributed by atoms with Gasteiger partial charge in [0.15, 0.2) is 6.10 Å². The van der Waals surface area contributed by atoms with E-state index in [0.717, 1.165) is 10.9 Å². The molecule has 26 heavy (non-hydrogen) atoms. The van der Waals surface area contributed by atoms with Crippen molar-refractivity contribution in [3.63, 3.8) is 0 Å². The zero-order chi connectivity index (χ0) is 18.8. The van der Waals surface area contributed by atoms with E-state index in [0.29, 0.717) is 16.3 Å². The number of anilines is 1. The Hall–Kier alpha value is -3.13. The molecule has 134 valence electrons. The topological polar surface area (TPSA) is 114 Å². The lowest BCUT2D eigenvalue weighted by Gasteiger charge is -2.13. The van der Waals surface area contributed by atoms with E-state index in [-0.39, 0.29) is 5.56 Å².